The van der Waals surface area contributed by atoms with Crippen molar-refractivity contribution >= 4 is 30.1 Å². The molecule has 6 heteroatoms. The fourth-order valence-corrected chi connectivity index (χ4v) is 2.47. The lowest BCUT2D eigenvalue weighted by Gasteiger charge is -2.19. The molecule has 2 heterocycles. The van der Waals surface area contributed by atoms with Gasteiger partial charge in [-0.25, -0.2) is 0 Å². The van der Waals surface area contributed by atoms with Crippen molar-refractivity contribution in [2.24, 2.45) is 0 Å². The zero-order valence-electron chi connectivity index (χ0n) is 9.01. The Morgan fingerprint density at radius 2 is 2.56 bits per heavy atom. The van der Waals surface area contributed by atoms with Crippen LogP contribution in [0.15, 0.2) is 22.8 Å². The third-order valence-corrected chi connectivity index (χ3v) is 3.30. The summed E-state index contributed by atoms with van der Waals surface area (Å²) in [6.07, 6.45) is 1.62. The second kappa shape index (κ2) is 6.18. The minimum atomic E-state index is -0.0324. The molecule has 2 rings (SSSR count). The third-order valence-electron chi connectivity index (χ3n) is 2.36. The molecule has 1 unspecified atom stereocenters. The minimum absolute atomic E-state index is 0. The second-order valence-electron chi connectivity index (χ2n) is 3.55. The first-order chi connectivity index (χ1) is 7.27. The lowest BCUT2D eigenvalue weighted by Crippen LogP contribution is -2.42. The van der Waals surface area contributed by atoms with Crippen LogP contribution in [0, 0.1) is 0 Å². The predicted octanol–water partition coefficient (Wildman–Crippen LogP) is 1.32. The molecule has 0 radical (unpaired) electrons. The summed E-state index contributed by atoms with van der Waals surface area (Å²) >= 11 is 1.75. The number of halogens is 1. The van der Waals surface area contributed by atoms with Crippen LogP contribution in [0.2, 0.25) is 0 Å². The van der Waals surface area contributed by atoms with Gasteiger partial charge in [0, 0.05) is 18.7 Å². The van der Waals surface area contributed by atoms with Gasteiger partial charge in [-0.3, -0.25) is 10.1 Å². The Bertz CT molecular complexity index is 326. The Morgan fingerprint density at radius 1 is 1.75 bits per heavy atom. The van der Waals surface area contributed by atoms with Gasteiger partial charge in [0.25, 0.3) is 0 Å². The normalized spacial score (nSPS) is 19.2. The Morgan fingerprint density at radius 3 is 3.12 bits per heavy atom. The van der Waals surface area contributed by atoms with E-state index in [-0.39, 0.29) is 24.4 Å². The summed E-state index contributed by atoms with van der Waals surface area (Å²) in [6.45, 7) is 0.536. The highest BCUT2D eigenvalue weighted by molar-refractivity contribution is 7.99. The molecule has 16 heavy (non-hydrogen) atoms. The molecule has 0 aromatic carbocycles. The van der Waals surface area contributed by atoms with E-state index in [1.54, 1.807) is 30.0 Å². The summed E-state index contributed by atoms with van der Waals surface area (Å²) < 4.78 is 5.20. The number of carbonyl (C=O) groups is 1. The van der Waals surface area contributed by atoms with Crippen LogP contribution in [0.1, 0.15) is 5.76 Å². The molecule has 1 amide bonds. The highest BCUT2D eigenvalue weighted by Gasteiger charge is 2.25. The highest BCUT2D eigenvalue weighted by Crippen LogP contribution is 2.12. The predicted molar refractivity (Wildman–Crippen MR) is 66.7 cm³/mol. The summed E-state index contributed by atoms with van der Waals surface area (Å²) in [7, 11) is 1.80. The van der Waals surface area contributed by atoms with Crippen LogP contribution < -0.4 is 5.32 Å². The standard InChI is InChI=1S/C10H14N2O2S.ClH/c1-12(5-8-3-2-4-14-8)10(13)9-6-15-7-11-9;/h2-4,9,11H,5-7H2,1H3;1H. The van der Waals surface area contributed by atoms with Crippen LogP contribution in [-0.4, -0.2) is 35.5 Å². The van der Waals surface area contributed by atoms with E-state index < -0.39 is 0 Å². The van der Waals surface area contributed by atoms with Crippen LogP contribution in [-0.2, 0) is 11.3 Å². The van der Waals surface area contributed by atoms with Crippen molar-refractivity contribution in [1.29, 1.82) is 0 Å². The molecule has 0 spiro atoms. The van der Waals surface area contributed by atoms with Gasteiger partial charge < -0.3 is 9.32 Å². The van der Waals surface area contributed by atoms with Crippen molar-refractivity contribution in [2.45, 2.75) is 12.6 Å². The molecule has 1 fully saturated rings. The van der Waals surface area contributed by atoms with Gasteiger partial charge in [0.15, 0.2) is 0 Å². The van der Waals surface area contributed by atoms with Crippen LogP contribution in [0.4, 0.5) is 0 Å². The Balaban J connectivity index is 0.00000128. The van der Waals surface area contributed by atoms with Gasteiger partial charge >= 0.3 is 0 Å². The van der Waals surface area contributed by atoms with Gasteiger partial charge in [0.05, 0.1) is 18.8 Å². The van der Waals surface area contributed by atoms with Gasteiger partial charge in [0.1, 0.15) is 5.76 Å². The number of furan rings is 1. The molecular weight excluding hydrogens is 248 g/mol. The van der Waals surface area contributed by atoms with Crippen molar-refractivity contribution in [1.82, 2.24) is 10.2 Å². The molecule has 90 valence electrons. The first-order valence-corrected chi connectivity index (χ1v) is 6.01. The smallest absolute Gasteiger partial charge is 0.240 e. The molecule has 0 saturated carbocycles. The average molecular weight is 263 g/mol. The van der Waals surface area contributed by atoms with Crippen molar-refractivity contribution in [3.63, 3.8) is 0 Å². The van der Waals surface area contributed by atoms with Gasteiger partial charge in [-0.2, -0.15) is 0 Å². The second-order valence-corrected chi connectivity index (χ2v) is 4.58. The number of carbonyl (C=O) groups excluding carboxylic acids is 1. The Kier molecular flexibility index (Phi) is 5.18. The third kappa shape index (κ3) is 3.17. The Labute approximate surface area is 105 Å². The maximum Gasteiger partial charge on any atom is 0.240 e. The number of thioether (sulfide) groups is 1. The maximum atomic E-state index is 11.9. The van der Waals surface area contributed by atoms with E-state index in [0.717, 1.165) is 17.4 Å². The molecule has 1 N–H and O–H groups in total. The number of hydrogen-bond donors (Lipinski definition) is 1. The number of nitrogens with zero attached hydrogens (tertiary/aromatic N) is 1. The van der Waals surface area contributed by atoms with Crippen molar-refractivity contribution in [3.05, 3.63) is 24.2 Å². The SMILES string of the molecule is CN(Cc1ccco1)C(=O)C1CSCN1.Cl. The molecule has 1 aromatic rings. The summed E-state index contributed by atoms with van der Waals surface area (Å²) in [6, 6.07) is 3.67. The van der Waals surface area contributed by atoms with Crippen molar-refractivity contribution in [3.8, 4) is 0 Å². The number of likely N-dealkylation sites (N-methyl/N-ethyl adjacent to an activating group) is 1. The minimum Gasteiger partial charge on any atom is -0.467 e. The van der Waals surface area contributed by atoms with Gasteiger partial charge in [-0.05, 0) is 12.1 Å². The number of nitrogens with one attached hydrogen (secondary N) is 1. The largest absolute Gasteiger partial charge is 0.467 e. The van der Waals surface area contributed by atoms with E-state index in [1.807, 2.05) is 12.1 Å². The molecule has 0 bridgehead atoms. The fourth-order valence-electron chi connectivity index (χ4n) is 1.53. The van der Waals surface area contributed by atoms with Crippen LogP contribution in [0.3, 0.4) is 0 Å². The monoisotopic (exact) mass is 262 g/mol. The molecule has 1 atom stereocenters. The van der Waals surface area contributed by atoms with Crippen molar-refractivity contribution in [2.75, 3.05) is 18.7 Å². The zero-order valence-corrected chi connectivity index (χ0v) is 10.6. The molecule has 1 aliphatic rings. The highest BCUT2D eigenvalue weighted by atomic mass is 35.5. The molecule has 0 aliphatic carbocycles. The number of rotatable bonds is 3. The lowest BCUT2D eigenvalue weighted by molar-refractivity contribution is -0.132. The van der Waals surface area contributed by atoms with Gasteiger partial charge in [-0.15, -0.1) is 24.2 Å². The maximum absolute atomic E-state index is 11.9. The van der Waals surface area contributed by atoms with E-state index >= 15 is 0 Å². The van der Waals surface area contributed by atoms with E-state index in [0.29, 0.717) is 6.54 Å². The average Bonchev–Trinajstić information content (AvgIpc) is 2.88. The first-order valence-electron chi connectivity index (χ1n) is 4.86. The van der Waals surface area contributed by atoms with Crippen LogP contribution in [0.5, 0.6) is 0 Å². The van der Waals surface area contributed by atoms with E-state index in [9.17, 15) is 4.79 Å². The number of amides is 1. The molecule has 1 saturated heterocycles. The van der Waals surface area contributed by atoms with Crippen LogP contribution >= 0.6 is 24.2 Å². The van der Waals surface area contributed by atoms with E-state index in [2.05, 4.69) is 5.32 Å². The molecular formula is C10H15ClN2O2S. The van der Waals surface area contributed by atoms with E-state index in [1.165, 1.54) is 0 Å². The molecule has 4 nitrogen and oxygen atoms in total. The summed E-state index contributed by atoms with van der Waals surface area (Å²) in [5.74, 6) is 2.68. The van der Waals surface area contributed by atoms with Gasteiger partial charge in [-0.1, -0.05) is 0 Å². The summed E-state index contributed by atoms with van der Waals surface area (Å²) in [5.41, 5.74) is 0. The number of hydrogen-bond acceptors (Lipinski definition) is 4. The lowest BCUT2D eigenvalue weighted by atomic mass is 10.3. The first kappa shape index (κ1) is 13.4. The molecule has 1 aromatic heterocycles. The topological polar surface area (TPSA) is 45.5 Å². The zero-order chi connectivity index (χ0) is 10.7. The van der Waals surface area contributed by atoms with Crippen LogP contribution in [0.25, 0.3) is 0 Å². The molecule has 1 aliphatic heterocycles. The summed E-state index contributed by atoms with van der Waals surface area (Å²) in [4.78, 5) is 13.6. The van der Waals surface area contributed by atoms with E-state index in [4.69, 9.17) is 4.42 Å². The quantitative estimate of drug-likeness (QED) is 0.893. The van der Waals surface area contributed by atoms with Crippen molar-refractivity contribution < 1.29 is 9.21 Å². The van der Waals surface area contributed by atoms with Gasteiger partial charge in [0.2, 0.25) is 5.91 Å². The summed E-state index contributed by atoms with van der Waals surface area (Å²) in [5, 5.41) is 3.16. The fraction of sp³-hybridized carbons (Fsp3) is 0.500. The Hall–Kier alpha value is -0.650.